The van der Waals surface area contributed by atoms with E-state index in [-0.39, 0.29) is 5.60 Å². The number of nitrogens with one attached hydrogen (secondary N) is 1. The highest BCUT2D eigenvalue weighted by atomic mass is 32.1. The number of hydrogen-bond donors (Lipinski definition) is 1. The maximum atomic E-state index is 6.06. The maximum absolute atomic E-state index is 6.06. The average molecular weight is 259 g/mol. The highest BCUT2D eigenvalue weighted by Gasteiger charge is 2.31. The van der Waals surface area contributed by atoms with Gasteiger partial charge in [0.25, 0.3) is 0 Å². The number of ether oxygens (including phenoxy) is 1. The second kappa shape index (κ2) is 4.32. The van der Waals surface area contributed by atoms with E-state index >= 15 is 0 Å². The number of para-hydroxylation sites is 1. The summed E-state index contributed by atoms with van der Waals surface area (Å²) in [5, 5.41) is 7.63. The van der Waals surface area contributed by atoms with Crippen LogP contribution in [0.25, 0.3) is 0 Å². The van der Waals surface area contributed by atoms with Crippen LogP contribution in [0.4, 0.5) is 5.69 Å². The number of hydrogen-bond acceptors (Lipinski definition) is 3. The first kappa shape index (κ1) is 11.6. The Hall–Kier alpha value is -1.48. The summed E-state index contributed by atoms with van der Waals surface area (Å²) in [6.45, 7) is 5.10. The van der Waals surface area contributed by atoms with Gasteiger partial charge >= 0.3 is 0 Å². The monoisotopic (exact) mass is 259 g/mol. The van der Waals surface area contributed by atoms with E-state index in [9.17, 15) is 0 Å². The Kier molecular flexibility index (Phi) is 2.78. The molecule has 1 aliphatic rings. The molecule has 18 heavy (non-hydrogen) atoms. The van der Waals surface area contributed by atoms with Gasteiger partial charge in [-0.15, -0.1) is 0 Å². The summed E-state index contributed by atoms with van der Waals surface area (Å²) in [5.74, 6) is 1.07. The lowest BCUT2D eigenvalue weighted by Gasteiger charge is -2.18. The topological polar surface area (TPSA) is 21.3 Å². The second-order valence-corrected chi connectivity index (χ2v) is 6.09. The van der Waals surface area contributed by atoms with Crippen molar-refractivity contribution in [3.05, 3.63) is 46.2 Å². The van der Waals surface area contributed by atoms with Crippen LogP contribution in [0.5, 0.6) is 5.75 Å². The third-order valence-electron chi connectivity index (χ3n) is 3.18. The van der Waals surface area contributed by atoms with Gasteiger partial charge < -0.3 is 10.1 Å². The van der Waals surface area contributed by atoms with Gasteiger partial charge in [0.1, 0.15) is 11.4 Å². The van der Waals surface area contributed by atoms with Gasteiger partial charge in [-0.05, 0) is 30.9 Å². The molecule has 0 amide bonds. The van der Waals surface area contributed by atoms with Crippen molar-refractivity contribution in [3.8, 4) is 5.75 Å². The fourth-order valence-electron chi connectivity index (χ4n) is 2.38. The van der Waals surface area contributed by atoms with E-state index in [0.29, 0.717) is 0 Å². The molecule has 0 saturated heterocycles. The Balaban J connectivity index is 1.80. The third kappa shape index (κ3) is 2.23. The second-order valence-electron chi connectivity index (χ2n) is 5.31. The molecule has 0 aliphatic carbocycles. The van der Waals surface area contributed by atoms with Crippen molar-refractivity contribution in [3.63, 3.8) is 0 Å². The zero-order valence-electron chi connectivity index (χ0n) is 10.7. The summed E-state index contributed by atoms with van der Waals surface area (Å²) < 4.78 is 6.06. The largest absolute Gasteiger partial charge is 0.487 e. The first-order valence-corrected chi connectivity index (χ1v) is 7.14. The smallest absolute Gasteiger partial charge is 0.128 e. The minimum absolute atomic E-state index is 0.0686. The summed E-state index contributed by atoms with van der Waals surface area (Å²) in [4.78, 5) is 0. The minimum atomic E-state index is -0.0686. The van der Waals surface area contributed by atoms with E-state index < -0.39 is 0 Å². The van der Waals surface area contributed by atoms with E-state index in [4.69, 9.17) is 4.74 Å². The van der Waals surface area contributed by atoms with Crippen molar-refractivity contribution < 1.29 is 4.74 Å². The highest BCUT2D eigenvalue weighted by molar-refractivity contribution is 7.08. The Morgan fingerprint density at radius 1 is 1.33 bits per heavy atom. The molecule has 3 heteroatoms. The maximum Gasteiger partial charge on any atom is 0.128 e. The van der Waals surface area contributed by atoms with E-state index in [1.807, 2.05) is 0 Å². The van der Waals surface area contributed by atoms with Gasteiger partial charge in [-0.3, -0.25) is 0 Å². The molecule has 2 aromatic rings. The molecule has 1 aromatic heterocycles. The lowest BCUT2D eigenvalue weighted by molar-refractivity contribution is 0.137. The van der Waals surface area contributed by atoms with Crippen LogP contribution in [0.3, 0.4) is 0 Å². The van der Waals surface area contributed by atoms with Gasteiger partial charge in [-0.2, -0.15) is 11.3 Å². The average Bonchev–Trinajstić information content (AvgIpc) is 2.91. The quantitative estimate of drug-likeness (QED) is 0.897. The molecule has 0 saturated carbocycles. The van der Waals surface area contributed by atoms with Gasteiger partial charge in [-0.25, -0.2) is 0 Å². The number of benzene rings is 1. The summed E-state index contributed by atoms with van der Waals surface area (Å²) >= 11 is 1.71. The Labute approximate surface area is 112 Å². The molecule has 0 atom stereocenters. The minimum Gasteiger partial charge on any atom is -0.487 e. The molecule has 2 heterocycles. The third-order valence-corrected chi connectivity index (χ3v) is 3.86. The molecule has 0 radical (unpaired) electrons. The lowest BCUT2D eigenvalue weighted by Crippen LogP contribution is -2.25. The number of anilines is 1. The van der Waals surface area contributed by atoms with Crippen LogP contribution in [0.15, 0.2) is 35.0 Å². The van der Waals surface area contributed by atoms with Gasteiger partial charge in [0, 0.05) is 29.6 Å². The molecule has 0 fully saturated rings. The van der Waals surface area contributed by atoms with E-state index in [1.54, 1.807) is 11.3 Å². The zero-order valence-corrected chi connectivity index (χ0v) is 11.5. The molecule has 1 N–H and O–H groups in total. The van der Waals surface area contributed by atoms with Crippen LogP contribution < -0.4 is 10.1 Å². The van der Waals surface area contributed by atoms with Gasteiger partial charge in [0.2, 0.25) is 0 Å². The van der Waals surface area contributed by atoms with Crippen LogP contribution in [0.2, 0.25) is 0 Å². The summed E-state index contributed by atoms with van der Waals surface area (Å²) in [6.07, 6.45) is 0.995. The molecule has 0 bridgehead atoms. The van der Waals surface area contributed by atoms with Crippen molar-refractivity contribution >= 4 is 17.0 Å². The Bertz CT molecular complexity index is 546. The zero-order chi connectivity index (χ0) is 12.6. The van der Waals surface area contributed by atoms with Crippen molar-refractivity contribution in [1.82, 2.24) is 0 Å². The lowest BCUT2D eigenvalue weighted by atomic mass is 10.0. The van der Waals surface area contributed by atoms with Crippen molar-refractivity contribution in [1.29, 1.82) is 0 Å². The van der Waals surface area contributed by atoms with Crippen LogP contribution in [0, 0.1) is 0 Å². The standard InChI is InChI=1S/C15H17NOS/c1-15(2)8-11-4-3-5-12(14(11)17-15)9-16-13-6-7-18-10-13/h3-7,10,16H,8-9H2,1-2H3. The van der Waals surface area contributed by atoms with Crippen LogP contribution >= 0.6 is 11.3 Å². The SMILES string of the molecule is CC1(C)Cc2cccc(CNc3ccsc3)c2O1. The molecule has 1 aromatic carbocycles. The first-order valence-electron chi connectivity index (χ1n) is 6.20. The molecule has 94 valence electrons. The fourth-order valence-corrected chi connectivity index (χ4v) is 2.99. The predicted molar refractivity (Wildman–Crippen MR) is 76.5 cm³/mol. The van der Waals surface area contributed by atoms with E-state index in [0.717, 1.165) is 18.7 Å². The normalized spacial score (nSPS) is 16.1. The van der Waals surface area contributed by atoms with Gasteiger partial charge in [0.15, 0.2) is 0 Å². The van der Waals surface area contributed by atoms with Crippen LogP contribution in [0.1, 0.15) is 25.0 Å². The molecule has 1 aliphatic heterocycles. The number of fused-ring (bicyclic) bond motifs is 1. The molecule has 2 nitrogen and oxygen atoms in total. The Morgan fingerprint density at radius 2 is 2.22 bits per heavy atom. The van der Waals surface area contributed by atoms with Gasteiger partial charge in [-0.1, -0.05) is 18.2 Å². The van der Waals surface area contributed by atoms with E-state index in [2.05, 4.69) is 54.2 Å². The molecule has 0 spiro atoms. The first-order chi connectivity index (χ1) is 8.64. The highest BCUT2D eigenvalue weighted by Crippen LogP contribution is 2.37. The summed E-state index contributed by atoms with van der Waals surface area (Å²) in [6, 6.07) is 8.52. The molecule has 0 unspecified atom stereocenters. The van der Waals surface area contributed by atoms with Crippen LogP contribution in [-0.4, -0.2) is 5.60 Å². The molecular formula is C15H17NOS. The Morgan fingerprint density at radius 3 is 3.00 bits per heavy atom. The number of thiophene rings is 1. The van der Waals surface area contributed by atoms with Gasteiger partial charge in [0.05, 0.1) is 0 Å². The van der Waals surface area contributed by atoms with Crippen LogP contribution in [-0.2, 0) is 13.0 Å². The number of rotatable bonds is 3. The fraction of sp³-hybridized carbons (Fsp3) is 0.333. The summed E-state index contributed by atoms with van der Waals surface area (Å²) in [7, 11) is 0. The van der Waals surface area contributed by atoms with Crippen molar-refractivity contribution in [2.75, 3.05) is 5.32 Å². The summed E-state index contributed by atoms with van der Waals surface area (Å²) in [5.41, 5.74) is 3.67. The molecular weight excluding hydrogens is 242 g/mol. The van der Waals surface area contributed by atoms with E-state index in [1.165, 1.54) is 16.8 Å². The molecule has 3 rings (SSSR count). The predicted octanol–water partition coefficient (Wildman–Crippen LogP) is 4.07. The van der Waals surface area contributed by atoms with Crippen molar-refractivity contribution in [2.45, 2.75) is 32.4 Å². The van der Waals surface area contributed by atoms with Crippen molar-refractivity contribution in [2.24, 2.45) is 0 Å².